The summed E-state index contributed by atoms with van der Waals surface area (Å²) in [4.78, 5) is 34.2. The van der Waals surface area contributed by atoms with Gasteiger partial charge in [0.25, 0.3) is 5.91 Å². The van der Waals surface area contributed by atoms with Crippen molar-refractivity contribution in [1.82, 2.24) is 14.8 Å². The van der Waals surface area contributed by atoms with Crippen LogP contribution in [0.15, 0.2) is 36.7 Å². The maximum absolute atomic E-state index is 13.3. The molecule has 1 saturated carbocycles. The molecular formula is C24H29N3O2. The fourth-order valence-electron chi connectivity index (χ4n) is 5.66. The molecule has 3 aliphatic rings. The molecule has 0 unspecified atom stereocenters. The number of hydrogen-bond acceptors (Lipinski definition) is 3. The highest BCUT2D eigenvalue weighted by Crippen LogP contribution is 2.42. The summed E-state index contributed by atoms with van der Waals surface area (Å²) in [5.74, 6) is 0.474. The molecule has 0 radical (unpaired) electrons. The number of benzene rings is 1. The predicted octanol–water partition coefficient (Wildman–Crippen LogP) is 4.02. The first-order valence-corrected chi connectivity index (χ1v) is 11.1. The van der Waals surface area contributed by atoms with Gasteiger partial charge in [-0.2, -0.15) is 0 Å². The van der Waals surface area contributed by atoms with Gasteiger partial charge in [0.2, 0.25) is 5.91 Å². The number of nitrogens with zero attached hydrogens (tertiary/aromatic N) is 3. The Hall–Kier alpha value is -2.43. The summed E-state index contributed by atoms with van der Waals surface area (Å²) in [5.41, 5.74) is 0.975. The van der Waals surface area contributed by atoms with E-state index in [1.165, 1.54) is 25.7 Å². The maximum Gasteiger partial charge on any atom is 0.254 e. The van der Waals surface area contributed by atoms with Gasteiger partial charge in [0.05, 0.1) is 0 Å². The van der Waals surface area contributed by atoms with Crippen LogP contribution in [0.3, 0.4) is 0 Å². The van der Waals surface area contributed by atoms with E-state index in [-0.39, 0.29) is 11.3 Å². The van der Waals surface area contributed by atoms with Crippen LogP contribution < -0.4 is 0 Å². The van der Waals surface area contributed by atoms with Crippen molar-refractivity contribution in [2.45, 2.75) is 57.4 Å². The minimum Gasteiger partial charge on any atom is -0.339 e. The van der Waals surface area contributed by atoms with Crippen molar-refractivity contribution in [2.75, 3.05) is 19.6 Å². The SMILES string of the molecule is O=C(c1cccc2cnccc12)N1CCC2(CCC(=O)N(C3CCCC3)C2)CC1. The van der Waals surface area contributed by atoms with Gasteiger partial charge in [-0.05, 0) is 55.0 Å². The first-order chi connectivity index (χ1) is 14.2. The second kappa shape index (κ2) is 7.43. The zero-order chi connectivity index (χ0) is 19.8. The summed E-state index contributed by atoms with van der Waals surface area (Å²) in [7, 11) is 0. The lowest BCUT2D eigenvalue weighted by atomic mass is 9.72. The van der Waals surface area contributed by atoms with Gasteiger partial charge in [0, 0.05) is 55.4 Å². The lowest BCUT2D eigenvalue weighted by molar-refractivity contribution is -0.142. The van der Waals surface area contributed by atoms with Gasteiger partial charge in [0.1, 0.15) is 0 Å². The monoisotopic (exact) mass is 391 g/mol. The molecule has 2 aliphatic heterocycles. The van der Waals surface area contributed by atoms with Gasteiger partial charge in [-0.25, -0.2) is 0 Å². The van der Waals surface area contributed by atoms with Crippen molar-refractivity contribution in [3.8, 4) is 0 Å². The van der Waals surface area contributed by atoms with Gasteiger partial charge in [-0.3, -0.25) is 14.6 Å². The molecule has 5 heteroatoms. The molecule has 1 spiro atoms. The molecule has 1 aromatic carbocycles. The van der Waals surface area contributed by atoms with Crippen molar-refractivity contribution < 1.29 is 9.59 Å². The van der Waals surface area contributed by atoms with E-state index in [9.17, 15) is 9.59 Å². The zero-order valence-corrected chi connectivity index (χ0v) is 17.0. The second-order valence-corrected chi connectivity index (χ2v) is 9.15. The highest BCUT2D eigenvalue weighted by Gasteiger charge is 2.43. The van der Waals surface area contributed by atoms with Crippen LogP contribution in [-0.2, 0) is 4.79 Å². The summed E-state index contributed by atoms with van der Waals surface area (Å²) in [6.07, 6.45) is 12.1. The average Bonchev–Trinajstić information content (AvgIpc) is 3.30. The Labute approximate surface area is 172 Å². The molecule has 3 fully saturated rings. The molecule has 0 atom stereocenters. The molecule has 3 heterocycles. The topological polar surface area (TPSA) is 53.5 Å². The highest BCUT2D eigenvalue weighted by atomic mass is 16.2. The van der Waals surface area contributed by atoms with E-state index in [0.29, 0.717) is 18.4 Å². The molecule has 0 N–H and O–H groups in total. The van der Waals surface area contributed by atoms with Crippen LogP contribution in [0.25, 0.3) is 10.8 Å². The minimum absolute atomic E-state index is 0.121. The van der Waals surface area contributed by atoms with E-state index in [1.54, 1.807) is 6.20 Å². The van der Waals surface area contributed by atoms with E-state index >= 15 is 0 Å². The average molecular weight is 392 g/mol. The number of carbonyl (C=O) groups excluding carboxylic acids is 2. The number of amides is 2. The van der Waals surface area contributed by atoms with Crippen molar-refractivity contribution in [3.63, 3.8) is 0 Å². The lowest BCUT2D eigenvalue weighted by Crippen LogP contribution is -2.54. The minimum atomic E-state index is 0.121. The number of aromatic nitrogens is 1. The Balaban J connectivity index is 1.29. The van der Waals surface area contributed by atoms with Crippen LogP contribution >= 0.6 is 0 Å². The third kappa shape index (κ3) is 3.41. The van der Waals surface area contributed by atoms with E-state index in [2.05, 4.69) is 9.88 Å². The molecule has 1 aromatic heterocycles. The third-order valence-electron chi connectivity index (χ3n) is 7.48. The number of pyridine rings is 1. The standard InChI is InChI=1S/C24H29N3O2/c28-22-8-10-24(17-27(22)19-5-1-2-6-19)11-14-26(15-12-24)23(29)21-7-3-4-18-16-25-13-9-20(18)21/h3-4,7,9,13,16,19H,1-2,5-6,8,10-12,14-15,17H2. The third-order valence-corrected chi connectivity index (χ3v) is 7.48. The maximum atomic E-state index is 13.3. The van der Waals surface area contributed by atoms with Gasteiger partial charge in [0.15, 0.2) is 0 Å². The van der Waals surface area contributed by atoms with E-state index in [4.69, 9.17) is 0 Å². The smallest absolute Gasteiger partial charge is 0.254 e. The van der Waals surface area contributed by atoms with Gasteiger partial charge >= 0.3 is 0 Å². The zero-order valence-electron chi connectivity index (χ0n) is 17.0. The van der Waals surface area contributed by atoms with Crippen LogP contribution in [-0.4, -0.2) is 52.3 Å². The van der Waals surface area contributed by atoms with E-state index in [1.807, 2.05) is 35.4 Å². The number of carbonyl (C=O) groups is 2. The van der Waals surface area contributed by atoms with Crippen molar-refractivity contribution in [1.29, 1.82) is 0 Å². The van der Waals surface area contributed by atoms with Gasteiger partial charge in [-0.15, -0.1) is 0 Å². The fraction of sp³-hybridized carbons (Fsp3) is 0.542. The fourth-order valence-corrected chi connectivity index (χ4v) is 5.66. The molecule has 5 rings (SSSR count). The Bertz CT molecular complexity index is 921. The number of rotatable bonds is 2. The Morgan fingerprint density at radius 3 is 2.66 bits per heavy atom. The molecule has 2 aromatic rings. The highest BCUT2D eigenvalue weighted by molar-refractivity contribution is 6.06. The Morgan fingerprint density at radius 2 is 1.86 bits per heavy atom. The second-order valence-electron chi connectivity index (χ2n) is 9.15. The van der Waals surface area contributed by atoms with Gasteiger partial charge < -0.3 is 9.80 Å². The van der Waals surface area contributed by atoms with Crippen molar-refractivity contribution >= 4 is 22.6 Å². The molecule has 5 nitrogen and oxygen atoms in total. The summed E-state index contributed by atoms with van der Waals surface area (Å²) < 4.78 is 0. The molecule has 2 amide bonds. The summed E-state index contributed by atoms with van der Waals surface area (Å²) in [6, 6.07) is 8.26. The lowest BCUT2D eigenvalue weighted by Gasteiger charge is -2.49. The van der Waals surface area contributed by atoms with E-state index in [0.717, 1.165) is 55.2 Å². The van der Waals surface area contributed by atoms with E-state index < -0.39 is 0 Å². The van der Waals surface area contributed by atoms with Crippen LogP contribution in [0.2, 0.25) is 0 Å². The summed E-state index contributed by atoms with van der Waals surface area (Å²) in [5, 5.41) is 1.98. The van der Waals surface area contributed by atoms with Crippen molar-refractivity contribution in [3.05, 3.63) is 42.2 Å². The number of likely N-dealkylation sites (tertiary alicyclic amines) is 2. The van der Waals surface area contributed by atoms with Crippen LogP contribution in [0, 0.1) is 5.41 Å². The van der Waals surface area contributed by atoms with Crippen LogP contribution in [0.1, 0.15) is 61.7 Å². The first kappa shape index (κ1) is 18.6. The normalized spacial score (nSPS) is 22.6. The molecular weight excluding hydrogens is 362 g/mol. The quantitative estimate of drug-likeness (QED) is 0.777. The number of piperidine rings is 2. The molecule has 2 saturated heterocycles. The largest absolute Gasteiger partial charge is 0.339 e. The van der Waals surface area contributed by atoms with Crippen molar-refractivity contribution in [2.24, 2.45) is 5.41 Å². The summed E-state index contributed by atoms with van der Waals surface area (Å²) >= 11 is 0. The first-order valence-electron chi connectivity index (χ1n) is 11.1. The molecule has 0 bridgehead atoms. The number of hydrogen-bond donors (Lipinski definition) is 0. The molecule has 152 valence electrons. The Morgan fingerprint density at radius 1 is 1.07 bits per heavy atom. The molecule has 29 heavy (non-hydrogen) atoms. The number of fused-ring (bicyclic) bond motifs is 1. The predicted molar refractivity (Wildman–Crippen MR) is 113 cm³/mol. The van der Waals surface area contributed by atoms with Crippen LogP contribution in [0.5, 0.6) is 0 Å². The van der Waals surface area contributed by atoms with Gasteiger partial charge in [-0.1, -0.05) is 25.0 Å². The summed E-state index contributed by atoms with van der Waals surface area (Å²) in [6.45, 7) is 2.47. The Kier molecular flexibility index (Phi) is 4.76. The van der Waals surface area contributed by atoms with Crippen LogP contribution in [0.4, 0.5) is 0 Å². The molecule has 1 aliphatic carbocycles.